The van der Waals surface area contributed by atoms with E-state index in [-0.39, 0.29) is 19.4 Å². The van der Waals surface area contributed by atoms with Crippen LogP contribution in [0, 0.1) is 0 Å². The van der Waals surface area contributed by atoms with Crippen molar-refractivity contribution in [2.24, 2.45) is 0 Å². The van der Waals surface area contributed by atoms with E-state index in [2.05, 4.69) is 13.8 Å². The van der Waals surface area contributed by atoms with Crippen molar-refractivity contribution >= 4 is 19.8 Å². The number of phosphoric acid groups is 1. The summed E-state index contributed by atoms with van der Waals surface area (Å²) < 4.78 is 32.8. The standard InChI is InChI=1S/C47H93O10P/c1-3-5-7-9-11-13-15-17-19-21-22-23-25-26-28-30-32-34-36-38-46(50)54-42-45(43-56-58(52,53)55-41-44(49)40-48)57-47(51)39-37-35-33-31-29-27-24-20-18-16-14-12-10-8-6-4-2/h44-45,48-49H,3-43H2,1-2H3,(H,52,53)/t44-,45+/m0/s1. The van der Waals surface area contributed by atoms with Gasteiger partial charge in [-0.05, 0) is 12.8 Å². The summed E-state index contributed by atoms with van der Waals surface area (Å²) in [6.45, 7) is 2.44. The molecule has 10 nitrogen and oxygen atoms in total. The quantitative estimate of drug-likeness (QED) is 0.0307. The molecule has 0 spiro atoms. The number of aliphatic hydroxyl groups is 2. The van der Waals surface area contributed by atoms with Gasteiger partial charge in [-0.15, -0.1) is 0 Å². The SMILES string of the molecule is CCCCCCCCCCCCCCCCCCCCCC(=O)OC[C@H](COP(=O)(O)OC[C@@H](O)CO)OC(=O)CCCCCCCCCCCCCCCCCC. The van der Waals surface area contributed by atoms with Crippen LogP contribution < -0.4 is 0 Å². The monoisotopic (exact) mass is 849 g/mol. The first-order chi connectivity index (χ1) is 28.2. The number of ether oxygens (including phenoxy) is 2. The van der Waals surface area contributed by atoms with Gasteiger partial charge in [0, 0.05) is 12.8 Å². The summed E-state index contributed by atoms with van der Waals surface area (Å²) in [5.41, 5.74) is 0. The lowest BCUT2D eigenvalue weighted by Crippen LogP contribution is -2.29. The van der Waals surface area contributed by atoms with E-state index in [1.54, 1.807) is 0 Å². The van der Waals surface area contributed by atoms with Gasteiger partial charge in [-0.1, -0.05) is 226 Å². The van der Waals surface area contributed by atoms with Crippen LogP contribution in [-0.2, 0) is 32.7 Å². The Morgan fingerprint density at radius 3 is 1.07 bits per heavy atom. The molecule has 0 aliphatic heterocycles. The van der Waals surface area contributed by atoms with Crippen LogP contribution in [0.4, 0.5) is 0 Å². The number of hydrogen-bond acceptors (Lipinski definition) is 9. The Kier molecular flexibility index (Phi) is 43.3. The van der Waals surface area contributed by atoms with Crippen molar-refractivity contribution in [3.63, 3.8) is 0 Å². The van der Waals surface area contributed by atoms with E-state index in [1.807, 2.05) is 0 Å². The summed E-state index contributed by atoms with van der Waals surface area (Å²) in [4.78, 5) is 35.1. The van der Waals surface area contributed by atoms with Crippen molar-refractivity contribution in [1.82, 2.24) is 0 Å². The molecule has 3 atom stereocenters. The Hall–Kier alpha value is -1.03. The van der Waals surface area contributed by atoms with Crippen LogP contribution in [0.1, 0.15) is 251 Å². The first-order valence-electron chi connectivity index (χ1n) is 24.5. The maximum absolute atomic E-state index is 12.6. The summed E-state index contributed by atoms with van der Waals surface area (Å²) in [7, 11) is -4.61. The van der Waals surface area contributed by atoms with Gasteiger partial charge in [0.25, 0.3) is 0 Å². The first kappa shape index (κ1) is 57.0. The van der Waals surface area contributed by atoms with Crippen molar-refractivity contribution in [2.45, 2.75) is 264 Å². The van der Waals surface area contributed by atoms with Gasteiger partial charge in [-0.25, -0.2) is 4.57 Å². The number of rotatable bonds is 47. The number of esters is 2. The van der Waals surface area contributed by atoms with Crippen molar-refractivity contribution in [1.29, 1.82) is 0 Å². The maximum atomic E-state index is 12.6. The van der Waals surface area contributed by atoms with Crippen LogP contribution in [0.25, 0.3) is 0 Å². The molecule has 0 saturated carbocycles. The fourth-order valence-electron chi connectivity index (χ4n) is 7.23. The van der Waals surface area contributed by atoms with E-state index >= 15 is 0 Å². The summed E-state index contributed by atoms with van der Waals surface area (Å²) in [5, 5.41) is 18.4. The highest BCUT2D eigenvalue weighted by atomic mass is 31.2. The Balaban J connectivity index is 4.15. The van der Waals surface area contributed by atoms with Crippen LogP contribution in [0.15, 0.2) is 0 Å². The minimum Gasteiger partial charge on any atom is -0.462 e. The lowest BCUT2D eigenvalue weighted by atomic mass is 10.0. The third-order valence-corrected chi connectivity index (χ3v) is 12.0. The Morgan fingerprint density at radius 1 is 0.448 bits per heavy atom. The molecule has 58 heavy (non-hydrogen) atoms. The molecular formula is C47H93O10P. The number of carbonyl (C=O) groups excluding carboxylic acids is 2. The zero-order valence-corrected chi connectivity index (χ0v) is 38.7. The molecule has 0 saturated heterocycles. The zero-order chi connectivity index (χ0) is 42.6. The van der Waals surface area contributed by atoms with Gasteiger partial charge in [0.15, 0.2) is 6.10 Å². The van der Waals surface area contributed by atoms with Crippen LogP contribution >= 0.6 is 7.82 Å². The molecule has 0 aromatic heterocycles. The van der Waals surface area contributed by atoms with E-state index < -0.39 is 51.8 Å². The van der Waals surface area contributed by atoms with Crippen LogP contribution in [-0.4, -0.2) is 65.7 Å². The number of carbonyl (C=O) groups is 2. The molecule has 0 heterocycles. The van der Waals surface area contributed by atoms with Gasteiger partial charge in [0.05, 0.1) is 19.8 Å². The highest BCUT2D eigenvalue weighted by Gasteiger charge is 2.27. The topological polar surface area (TPSA) is 149 Å². The molecule has 3 N–H and O–H groups in total. The second kappa shape index (κ2) is 44.0. The second-order valence-corrected chi connectivity index (χ2v) is 18.3. The van der Waals surface area contributed by atoms with E-state index in [1.165, 1.54) is 180 Å². The molecule has 0 aliphatic carbocycles. The molecule has 346 valence electrons. The Morgan fingerprint density at radius 2 is 0.741 bits per heavy atom. The predicted octanol–water partition coefficient (Wildman–Crippen LogP) is 13.4. The van der Waals surface area contributed by atoms with Gasteiger partial charge < -0.3 is 24.6 Å². The fourth-order valence-corrected chi connectivity index (χ4v) is 8.02. The summed E-state index contributed by atoms with van der Waals surface area (Å²) in [5.74, 6) is -0.904. The lowest BCUT2D eigenvalue weighted by molar-refractivity contribution is -0.161. The molecular weight excluding hydrogens is 755 g/mol. The highest BCUT2D eigenvalue weighted by molar-refractivity contribution is 7.47. The van der Waals surface area contributed by atoms with Crippen molar-refractivity contribution in [3.05, 3.63) is 0 Å². The minimum absolute atomic E-state index is 0.193. The molecule has 0 amide bonds. The molecule has 0 aromatic carbocycles. The van der Waals surface area contributed by atoms with Gasteiger partial charge in [-0.3, -0.25) is 18.6 Å². The molecule has 1 unspecified atom stereocenters. The van der Waals surface area contributed by atoms with E-state index in [4.69, 9.17) is 23.6 Å². The molecule has 0 aromatic rings. The van der Waals surface area contributed by atoms with Crippen molar-refractivity contribution in [2.75, 3.05) is 26.4 Å². The average Bonchev–Trinajstić information content (AvgIpc) is 3.21. The Bertz CT molecular complexity index is 935. The maximum Gasteiger partial charge on any atom is 0.472 e. The third kappa shape index (κ3) is 43.1. The Labute approximate surface area is 356 Å². The number of unbranched alkanes of at least 4 members (excludes halogenated alkanes) is 33. The van der Waals surface area contributed by atoms with Crippen molar-refractivity contribution in [3.8, 4) is 0 Å². The van der Waals surface area contributed by atoms with Crippen LogP contribution in [0.5, 0.6) is 0 Å². The number of hydrogen-bond donors (Lipinski definition) is 3. The third-order valence-electron chi connectivity index (χ3n) is 11.0. The molecule has 11 heteroatoms. The van der Waals surface area contributed by atoms with Crippen molar-refractivity contribution < 1.29 is 47.8 Å². The lowest BCUT2D eigenvalue weighted by Gasteiger charge is -2.20. The summed E-state index contributed by atoms with van der Waals surface area (Å²) >= 11 is 0. The largest absolute Gasteiger partial charge is 0.472 e. The fraction of sp³-hybridized carbons (Fsp3) is 0.957. The normalized spacial score (nSPS) is 13.7. The number of aliphatic hydroxyl groups excluding tert-OH is 2. The smallest absolute Gasteiger partial charge is 0.462 e. The van der Waals surface area contributed by atoms with Gasteiger partial charge in [0.2, 0.25) is 0 Å². The molecule has 0 aliphatic rings. The predicted molar refractivity (Wildman–Crippen MR) is 238 cm³/mol. The van der Waals surface area contributed by atoms with E-state index in [9.17, 15) is 24.2 Å². The second-order valence-electron chi connectivity index (χ2n) is 16.9. The average molecular weight is 849 g/mol. The summed E-state index contributed by atoms with van der Waals surface area (Å²) in [6, 6.07) is 0. The van der Waals surface area contributed by atoms with Crippen LogP contribution in [0.2, 0.25) is 0 Å². The summed E-state index contributed by atoms with van der Waals surface area (Å²) in [6.07, 6.45) is 42.1. The van der Waals surface area contributed by atoms with Gasteiger partial charge >= 0.3 is 19.8 Å². The number of phosphoric ester groups is 1. The van der Waals surface area contributed by atoms with E-state index in [0.717, 1.165) is 32.1 Å². The zero-order valence-electron chi connectivity index (χ0n) is 37.8. The van der Waals surface area contributed by atoms with Gasteiger partial charge in [-0.2, -0.15) is 0 Å². The molecule has 0 radical (unpaired) electrons. The molecule has 0 bridgehead atoms. The molecule has 0 fully saturated rings. The highest BCUT2D eigenvalue weighted by Crippen LogP contribution is 2.43. The van der Waals surface area contributed by atoms with Gasteiger partial charge in [0.1, 0.15) is 12.7 Å². The minimum atomic E-state index is -4.61. The first-order valence-corrected chi connectivity index (χ1v) is 26.0. The van der Waals surface area contributed by atoms with Crippen LogP contribution in [0.3, 0.4) is 0 Å². The van der Waals surface area contributed by atoms with E-state index in [0.29, 0.717) is 12.8 Å². The molecule has 0 rings (SSSR count).